The maximum Gasteiger partial charge on any atom is 0.317 e. The summed E-state index contributed by atoms with van der Waals surface area (Å²) in [5.74, 6) is 0.751. The molecule has 2 heterocycles. The van der Waals surface area contributed by atoms with Gasteiger partial charge in [-0.2, -0.15) is 0 Å². The Kier molecular flexibility index (Phi) is 3.46. The fourth-order valence-electron chi connectivity index (χ4n) is 1.63. The van der Waals surface area contributed by atoms with E-state index in [-0.39, 0.29) is 18.2 Å². The number of hydrogen-bond acceptors (Lipinski definition) is 3. The molecule has 1 aromatic rings. The monoisotopic (exact) mass is 235 g/mol. The third-order valence-corrected chi connectivity index (χ3v) is 2.48. The Hall–Kier alpha value is -1.78. The summed E-state index contributed by atoms with van der Waals surface area (Å²) in [7, 11) is 0. The van der Waals surface area contributed by atoms with Crippen molar-refractivity contribution in [3.63, 3.8) is 0 Å². The van der Waals surface area contributed by atoms with E-state index < -0.39 is 0 Å². The van der Waals surface area contributed by atoms with Gasteiger partial charge in [-0.25, -0.2) is 4.79 Å². The summed E-state index contributed by atoms with van der Waals surface area (Å²) < 4.78 is 5.65. The van der Waals surface area contributed by atoms with E-state index in [1.165, 1.54) is 0 Å². The second-order valence-electron chi connectivity index (χ2n) is 4.44. The van der Waals surface area contributed by atoms with E-state index in [0.717, 1.165) is 5.75 Å². The van der Waals surface area contributed by atoms with Gasteiger partial charge in [0.2, 0.25) is 0 Å². The molecule has 0 aromatic carbocycles. The molecule has 1 N–H and O–H groups in total. The van der Waals surface area contributed by atoms with Crippen molar-refractivity contribution in [2.45, 2.75) is 26.0 Å². The largest absolute Gasteiger partial charge is 0.485 e. The molecule has 0 aliphatic carbocycles. The Morgan fingerprint density at radius 3 is 2.94 bits per heavy atom. The van der Waals surface area contributed by atoms with Gasteiger partial charge >= 0.3 is 6.03 Å². The molecule has 5 nitrogen and oxygen atoms in total. The standard InChI is InChI=1S/C12H17N3O2/c1-9(2)14-12(16)15-7-11(8-15)17-10-4-3-5-13-6-10/h3-6,9,11H,7-8H2,1-2H3,(H,14,16). The zero-order valence-electron chi connectivity index (χ0n) is 10.1. The van der Waals surface area contributed by atoms with Gasteiger partial charge < -0.3 is 15.0 Å². The van der Waals surface area contributed by atoms with Gasteiger partial charge in [0.05, 0.1) is 19.3 Å². The van der Waals surface area contributed by atoms with Gasteiger partial charge in [-0.05, 0) is 26.0 Å². The highest BCUT2D eigenvalue weighted by Crippen LogP contribution is 2.16. The van der Waals surface area contributed by atoms with E-state index in [1.54, 1.807) is 17.3 Å². The Labute approximate surface area is 101 Å². The summed E-state index contributed by atoms with van der Waals surface area (Å²) >= 11 is 0. The number of carbonyl (C=O) groups is 1. The van der Waals surface area contributed by atoms with Crippen LogP contribution in [0.25, 0.3) is 0 Å². The van der Waals surface area contributed by atoms with Gasteiger partial charge in [0.25, 0.3) is 0 Å². The number of nitrogens with zero attached hydrogens (tertiary/aromatic N) is 2. The molecule has 1 aliphatic heterocycles. The van der Waals surface area contributed by atoms with Crippen molar-refractivity contribution in [3.8, 4) is 5.75 Å². The van der Waals surface area contributed by atoms with Crippen molar-refractivity contribution >= 4 is 6.03 Å². The molecule has 0 unspecified atom stereocenters. The van der Waals surface area contributed by atoms with E-state index in [4.69, 9.17) is 4.74 Å². The normalized spacial score (nSPS) is 15.6. The van der Waals surface area contributed by atoms with Gasteiger partial charge in [0, 0.05) is 12.2 Å². The number of ether oxygens (including phenoxy) is 1. The minimum absolute atomic E-state index is 0.0222. The van der Waals surface area contributed by atoms with Crippen molar-refractivity contribution in [1.29, 1.82) is 0 Å². The summed E-state index contributed by atoms with van der Waals surface area (Å²) in [4.78, 5) is 17.3. The highest BCUT2D eigenvalue weighted by atomic mass is 16.5. The zero-order chi connectivity index (χ0) is 12.3. The molecular formula is C12H17N3O2. The predicted molar refractivity (Wildman–Crippen MR) is 63.9 cm³/mol. The first-order chi connectivity index (χ1) is 8.15. The highest BCUT2D eigenvalue weighted by Gasteiger charge is 2.32. The molecule has 0 bridgehead atoms. The molecule has 0 atom stereocenters. The lowest BCUT2D eigenvalue weighted by Gasteiger charge is -2.39. The van der Waals surface area contributed by atoms with Crippen molar-refractivity contribution < 1.29 is 9.53 Å². The highest BCUT2D eigenvalue weighted by molar-refractivity contribution is 5.75. The van der Waals surface area contributed by atoms with Crippen LogP contribution < -0.4 is 10.1 Å². The molecule has 1 saturated heterocycles. The number of amides is 2. The SMILES string of the molecule is CC(C)NC(=O)N1CC(Oc2cccnc2)C1. The van der Waals surface area contributed by atoms with Crippen LogP contribution in [0, 0.1) is 0 Å². The number of pyridine rings is 1. The summed E-state index contributed by atoms with van der Waals surface area (Å²) in [5.41, 5.74) is 0. The molecule has 1 aliphatic rings. The first-order valence-corrected chi connectivity index (χ1v) is 5.77. The summed E-state index contributed by atoms with van der Waals surface area (Å²) in [6.07, 6.45) is 3.46. The zero-order valence-corrected chi connectivity index (χ0v) is 10.1. The average Bonchev–Trinajstić information content (AvgIpc) is 2.23. The number of urea groups is 1. The lowest BCUT2D eigenvalue weighted by atomic mass is 10.2. The third-order valence-electron chi connectivity index (χ3n) is 2.48. The van der Waals surface area contributed by atoms with Crippen LogP contribution >= 0.6 is 0 Å². The van der Waals surface area contributed by atoms with Gasteiger partial charge in [-0.15, -0.1) is 0 Å². The van der Waals surface area contributed by atoms with E-state index in [2.05, 4.69) is 10.3 Å². The van der Waals surface area contributed by atoms with Crippen molar-refractivity contribution in [1.82, 2.24) is 15.2 Å². The first kappa shape index (κ1) is 11.7. The molecule has 0 radical (unpaired) electrons. The van der Waals surface area contributed by atoms with Gasteiger partial charge in [-0.1, -0.05) is 0 Å². The second kappa shape index (κ2) is 5.03. The van der Waals surface area contributed by atoms with Gasteiger partial charge in [0.15, 0.2) is 0 Å². The number of likely N-dealkylation sites (tertiary alicyclic amines) is 1. The van der Waals surface area contributed by atoms with Crippen LogP contribution in [0.15, 0.2) is 24.5 Å². The Morgan fingerprint density at radius 1 is 1.59 bits per heavy atom. The molecule has 1 fully saturated rings. The quantitative estimate of drug-likeness (QED) is 0.858. The number of nitrogens with one attached hydrogen (secondary N) is 1. The van der Waals surface area contributed by atoms with Gasteiger partial charge in [0.1, 0.15) is 11.9 Å². The fourth-order valence-corrected chi connectivity index (χ4v) is 1.63. The van der Waals surface area contributed by atoms with Crippen LogP contribution in [0.2, 0.25) is 0 Å². The Bertz CT molecular complexity index is 375. The van der Waals surface area contributed by atoms with E-state index in [0.29, 0.717) is 13.1 Å². The molecule has 0 saturated carbocycles. The molecule has 2 amide bonds. The van der Waals surface area contributed by atoms with Crippen molar-refractivity contribution in [3.05, 3.63) is 24.5 Å². The molecule has 1 aromatic heterocycles. The maximum absolute atomic E-state index is 11.6. The van der Waals surface area contributed by atoms with Crippen LogP contribution in [0.5, 0.6) is 5.75 Å². The lowest BCUT2D eigenvalue weighted by molar-refractivity contribution is 0.0436. The van der Waals surface area contributed by atoms with Crippen LogP contribution in [0.1, 0.15) is 13.8 Å². The summed E-state index contributed by atoms with van der Waals surface area (Å²) in [6, 6.07) is 3.84. The number of hydrogen-bond donors (Lipinski definition) is 1. The minimum atomic E-state index is -0.0222. The van der Waals surface area contributed by atoms with Crippen LogP contribution in [0.4, 0.5) is 4.79 Å². The topological polar surface area (TPSA) is 54.5 Å². The average molecular weight is 235 g/mol. The Balaban J connectivity index is 1.74. The maximum atomic E-state index is 11.6. The van der Waals surface area contributed by atoms with Crippen molar-refractivity contribution in [2.75, 3.05) is 13.1 Å². The smallest absolute Gasteiger partial charge is 0.317 e. The summed E-state index contributed by atoms with van der Waals surface area (Å²) in [5, 5.41) is 2.85. The Morgan fingerprint density at radius 2 is 2.35 bits per heavy atom. The van der Waals surface area contributed by atoms with Gasteiger partial charge in [-0.3, -0.25) is 4.98 Å². The molecule has 0 spiro atoms. The third kappa shape index (κ3) is 3.09. The molecule has 5 heteroatoms. The van der Waals surface area contributed by atoms with E-state index in [1.807, 2.05) is 26.0 Å². The van der Waals surface area contributed by atoms with Crippen LogP contribution in [0.3, 0.4) is 0 Å². The minimum Gasteiger partial charge on any atom is -0.485 e. The predicted octanol–water partition coefficient (Wildman–Crippen LogP) is 1.26. The molecule has 92 valence electrons. The molecule has 17 heavy (non-hydrogen) atoms. The molecule has 2 rings (SSSR count). The number of rotatable bonds is 3. The van der Waals surface area contributed by atoms with Crippen molar-refractivity contribution in [2.24, 2.45) is 0 Å². The summed E-state index contributed by atoms with van der Waals surface area (Å²) in [6.45, 7) is 5.16. The number of carbonyl (C=O) groups excluding carboxylic acids is 1. The van der Waals surface area contributed by atoms with E-state index >= 15 is 0 Å². The van der Waals surface area contributed by atoms with Crippen LogP contribution in [-0.2, 0) is 0 Å². The first-order valence-electron chi connectivity index (χ1n) is 5.77. The lowest BCUT2D eigenvalue weighted by Crippen LogP contribution is -2.59. The van der Waals surface area contributed by atoms with E-state index in [9.17, 15) is 4.79 Å². The van der Waals surface area contributed by atoms with Crippen LogP contribution in [-0.4, -0.2) is 41.2 Å². The second-order valence-corrected chi connectivity index (χ2v) is 4.44. The number of aromatic nitrogens is 1. The molecular weight excluding hydrogens is 218 g/mol. The fraction of sp³-hybridized carbons (Fsp3) is 0.500.